The molecule has 0 atom stereocenters. The summed E-state index contributed by atoms with van der Waals surface area (Å²) in [6.45, 7) is 2.14. The average molecular weight is 357 g/mol. The van der Waals surface area contributed by atoms with Crippen LogP contribution in [0.5, 0.6) is 0 Å². The van der Waals surface area contributed by atoms with E-state index in [-0.39, 0.29) is 26.6 Å². The minimum Gasteiger partial charge on any atom is -0.352 e. The van der Waals surface area contributed by atoms with E-state index in [1.165, 1.54) is 22.4 Å². The van der Waals surface area contributed by atoms with E-state index >= 15 is 0 Å². The molecule has 0 aliphatic carbocycles. The van der Waals surface area contributed by atoms with Crippen molar-refractivity contribution in [3.8, 4) is 11.3 Å². The van der Waals surface area contributed by atoms with Gasteiger partial charge in [0.15, 0.2) is 10.5 Å². The van der Waals surface area contributed by atoms with Crippen LogP contribution in [0, 0.1) is 10.6 Å². The van der Waals surface area contributed by atoms with E-state index < -0.39 is 17.3 Å². The summed E-state index contributed by atoms with van der Waals surface area (Å²) in [4.78, 5) is 24.3. The van der Waals surface area contributed by atoms with Gasteiger partial charge in [0, 0.05) is 26.2 Å². The average Bonchev–Trinajstić information content (AvgIpc) is 2.49. The molecule has 1 N–H and O–H groups in total. The van der Waals surface area contributed by atoms with Gasteiger partial charge < -0.3 is 5.32 Å². The largest absolute Gasteiger partial charge is 0.352 e. The molecular weight excluding hydrogens is 343 g/mol. The Morgan fingerprint density at radius 1 is 1.43 bits per heavy atom. The van der Waals surface area contributed by atoms with Gasteiger partial charge in [-0.25, -0.2) is 9.07 Å². The highest BCUT2D eigenvalue weighted by molar-refractivity contribution is 7.71. The van der Waals surface area contributed by atoms with Crippen molar-refractivity contribution in [1.29, 1.82) is 0 Å². The molecular formula is C14H14ClFN4O2S. The van der Waals surface area contributed by atoms with E-state index in [1.54, 1.807) is 14.0 Å². The van der Waals surface area contributed by atoms with E-state index in [0.717, 1.165) is 6.07 Å². The topological polar surface area (TPSA) is 68.9 Å². The molecule has 0 aliphatic heterocycles. The Morgan fingerprint density at radius 2 is 2.09 bits per heavy atom. The van der Waals surface area contributed by atoms with Crippen molar-refractivity contribution in [3.63, 3.8) is 0 Å². The van der Waals surface area contributed by atoms with Crippen molar-refractivity contribution in [2.24, 2.45) is 14.1 Å². The van der Waals surface area contributed by atoms with Gasteiger partial charge in [0.25, 0.3) is 11.5 Å². The number of benzene rings is 1. The van der Waals surface area contributed by atoms with Crippen molar-refractivity contribution in [3.05, 3.63) is 43.7 Å². The van der Waals surface area contributed by atoms with Crippen molar-refractivity contribution in [1.82, 2.24) is 19.7 Å². The predicted molar refractivity (Wildman–Crippen MR) is 87.7 cm³/mol. The van der Waals surface area contributed by atoms with Gasteiger partial charge in [0.2, 0.25) is 0 Å². The van der Waals surface area contributed by atoms with Crippen LogP contribution in [0.2, 0.25) is 5.02 Å². The van der Waals surface area contributed by atoms with E-state index in [9.17, 15) is 14.0 Å². The highest BCUT2D eigenvalue weighted by atomic mass is 35.5. The highest BCUT2D eigenvalue weighted by Crippen LogP contribution is 2.26. The molecule has 0 radical (unpaired) electrons. The maximum Gasteiger partial charge on any atom is 0.280 e. The zero-order valence-corrected chi connectivity index (χ0v) is 14.3. The van der Waals surface area contributed by atoms with Crippen LogP contribution in [0.3, 0.4) is 0 Å². The predicted octanol–water partition coefficient (Wildman–Crippen LogP) is 2.06. The molecule has 1 aromatic heterocycles. The number of aromatic nitrogens is 3. The molecule has 2 rings (SSSR count). The van der Waals surface area contributed by atoms with Gasteiger partial charge in [-0.1, -0.05) is 11.6 Å². The summed E-state index contributed by atoms with van der Waals surface area (Å²) in [5.41, 5.74) is -0.750. The van der Waals surface area contributed by atoms with Gasteiger partial charge in [0.05, 0.1) is 10.6 Å². The molecule has 122 valence electrons. The molecule has 23 heavy (non-hydrogen) atoms. The normalized spacial score (nSPS) is 10.7. The summed E-state index contributed by atoms with van der Waals surface area (Å²) < 4.78 is 16.9. The Bertz CT molecular complexity index is 907. The standard InChI is InChI=1S/C14H14ClFN4O2S/c1-4-17-12(21)7-5-8(10(16)6-9(7)15)11-13(22)19(2)14(23)20(3)18-11/h5-6H,4H2,1-3H3,(H,17,21). The summed E-state index contributed by atoms with van der Waals surface area (Å²) in [7, 11) is 3.01. The van der Waals surface area contributed by atoms with Crippen molar-refractivity contribution in [2.45, 2.75) is 6.92 Å². The molecule has 1 amide bonds. The van der Waals surface area contributed by atoms with Crippen molar-refractivity contribution in [2.75, 3.05) is 6.54 Å². The summed E-state index contributed by atoms with van der Waals surface area (Å²) in [6.07, 6.45) is 0. The number of rotatable bonds is 3. The van der Waals surface area contributed by atoms with E-state index in [0.29, 0.717) is 6.54 Å². The number of aryl methyl sites for hydroxylation is 1. The fourth-order valence-electron chi connectivity index (χ4n) is 2.03. The Kier molecular flexibility index (Phi) is 4.96. The minimum absolute atomic E-state index is 0.0433. The van der Waals surface area contributed by atoms with Crippen LogP contribution in [-0.2, 0) is 14.1 Å². The zero-order chi connectivity index (χ0) is 17.3. The van der Waals surface area contributed by atoms with E-state index in [1.807, 2.05) is 0 Å². The van der Waals surface area contributed by atoms with Crippen LogP contribution in [0.15, 0.2) is 16.9 Å². The third-order valence-corrected chi connectivity index (χ3v) is 4.07. The maximum atomic E-state index is 14.3. The third kappa shape index (κ3) is 3.18. The minimum atomic E-state index is -0.746. The Balaban J connectivity index is 2.75. The van der Waals surface area contributed by atoms with Gasteiger partial charge >= 0.3 is 0 Å². The molecule has 0 unspecified atom stereocenters. The molecule has 0 saturated carbocycles. The Labute approximate surface area is 141 Å². The molecule has 0 bridgehead atoms. The second-order valence-corrected chi connectivity index (χ2v) is 5.56. The summed E-state index contributed by atoms with van der Waals surface area (Å²) in [6, 6.07) is 2.21. The first-order valence-corrected chi connectivity index (χ1v) is 7.48. The lowest BCUT2D eigenvalue weighted by Gasteiger charge is -2.11. The molecule has 9 heteroatoms. The van der Waals surface area contributed by atoms with Gasteiger partial charge in [-0.15, -0.1) is 0 Å². The first-order valence-electron chi connectivity index (χ1n) is 6.69. The van der Waals surface area contributed by atoms with Crippen LogP contribution < -0.4 is 10.9 Å². The number of carbonyl (C=O) groups is 1. The van der Waals surface area contributed by atoms with Crippen LogP contribution in [0.1, 0.15) is 17.3 Å². The number of nitrogens with zero attached hydrogens (tertiary/aromatic N) is 3. The van der Waals surface area contributed by atoms with Gasteiger partial charge in [-0.2, -0.15) is 5.10 Å². The number of carbonyl (C=O) groups excluding carboxylic acids is 1. The lowest BCUT2D eigenvalue weighted by Crippen LogP contribution is -2.26. The highest BCUT2D eigenvalue weighted by Gasteiger charge is 2.19. The van der Waals surface area contributed by atoms with Crippen LogP contribution in [-0.4, -0.2) is 26.8 Å². The molecule has 0 spiro atoms. The van der Waals surface area contributed by atoms with Crippen molar-refractivity contribution >= 4 is 29.7 Å². The molecule has 2 aromatic rings. The van der Waals surface area contributed by atoms with E-state index in [2.05, 4.69) is 10.4 Å². The van der Waals surface area contributed by atoms with Crippen LogP contribution in [0.25, 0.3) is 11.3 Å². The first kappa shape index (κ1) is 17.3. The van der Waals surface area contributed by atoms with Gasteiger partial charge in [-0.05, 0) is 31.3 Å². The quantitative estimate of drug-likeness (QED) is 0.855. The lowest BCUT2D eigenvalue weighted by molar-refractivity contribution is 0.0956. The smallest absolute Gasteiger partial charge is 0.280 e. The number of amides is 1. The molecule has 6 nitrogen and oxygen atoms in total. The third-order valence-electron chi connectivity index (χ3n) is 3.21. The van der Waals surface area contributed by atoms with Crippen LogP contribution in [0.4, 0.5) is 4.39 Å². The number of nitrogens with one attached hydrogen (secondary N) is 1. The fraction of sp³-hybridized carbons (Fsp3) is 0.286. The number of hydrogen-bond acceptors (Lipinski definition) is 4. The molecule has 0 saturated heterocycles. The Hall–Kier alpha value is -2.06. The fourth-order valence-corrected chi connectivity index (χ4v) is 2.39. The van der Waals surface area contributed by atoms with E-state index in [4.69, 9.17) is 23.8 Å². The molecule has 1 aromatic carbocycles. The monoisotopic (exact) mass is 356 g/mol. The number of hydrogen-bond donors (Lipinski definition) is 1. The maximum absolute atomic E-state index is 14.3. The summed E-state index contributed by atoms with van der Waals surface area (Å²) in [5.74, 6) is -1.20. The molecule has 1 heterocycles. The summed E-state index contributed by atoms with van der Waals surface area (Å²) >= 11 is 11.0. The second-order valence-electron chi connectivity index (χ2n) is 4.79. The SMILES string of the molecule is CCNC(=O)c1cc(-c2nn(C)c(=S)n(C)c2=O)c(F)cc1Cl. The molecule has 0 fully saturated rings. The van der Waals surface area contributed by atoms with Gasteiger partial charge in [0.1, 0.15) is 5.82 Å². The molecule has 0 aliphatic rings. The van der Waals surface area contributed by atoms with Crippen LogP contribution >= 0.6 is 23.8 Å². The second kappa shape index (κ2) is 6.59. The lowest BCUT2D eigenvalue weighted by atomic mass is 10.1. The number of halogens is 2. The van der Waals surface area contributed by atoms with Crippen molar-refractivity contribution < 1.29 is 9.18 Å². The van der Waals surface area contributed by atoms with Gasteiger partial charge in [-0.3, -0.25) is 14.2 Å². The summed E-state index contributed by atoms with van der Waals surface area (Å²) in [5, 5.41) is 6.54. The first-order chi connectivity index (χ1) is 10.8. The Morgan fingerprint density at radius 3 is 2.70 bits per heavy atom. The zero-order valence-electron chi connectivity index (χ0n) is 12.7.